The lowest BCUT2D eigenvalue weighted by Crippen LogP contribution is -2.29. The molecule has 2 aliphatic rings. The lowest BCUT2D eigenvalue weighted by atomic mass is 10.1. The van der Waals surface area contributed by atoms with Gasteiger partial charge in [-0.3, -0.25) is 9.69 Å². The maximum Gasteiger partial charge on any atom is 0.266 e. The molecule has 32 heavy (non-hydrogen) atoms. The van der Waals surface area contributed by atoms with Crippen molar-refractivity contribution in [1.82, 2.24) is 4.90 Å². The third-order valence-corrected chi connectivity index (χ3v) is 7.26. The van der Waals surface area contributed by atoms with Crippen molar-refractivity contribution in [2.75, 3.05) is 20.3 Å². The minimum absolute atomic E-state index is 0.0215. The highest BCUT2D eigenvalue weighted by Crippen LogP contribution is 2.37. The van der Waals surface area contributed by atoms with Crippen molar-refractivity contribution in [3.05, 3.63) is 40.3 Å². The molecule has 6 heteroatoms. The SMILES string of the molecule is CCCCCCCCCCCCN1C(=O)C(=CC2=Cc3cccc(OC)c3OC2)SC1=S. The largest absolute Gasteiger partial charge is 0.493 e. The monoisotopic (exact) mass is 473 g/mol. The van der Waals surface area contributed by atoms with Crippen LogP contribution in [0.4, 0.5) is 0 Å². The molecule has 3 rings (SSSR count). The van der Waals surface area contributed by atoms with Crippen molar-refractivity contribution in [3.8, 4) is 11.5 Å². The molecule has 2 aliphatic heterocycles. The normalized spacial score (nSPS) is 16.9. The lowest BCUT2D eigenvalue weighted by molar-refractivity contribution is -0.122. The van der Waals surface area contributed by atoms with E-state index in [2.05, 4.69) is 13.0 Å². The molecular weight excluding hydrogens is 438 g/mol. The minimum atomic E-state index is 0.0215. The standard InChI is InChI=1S/C26H35NO3S2/c1-3-4-5-6-7-8-9-10-11-12-16-27-25(28)23(32-26(27)31)18-20-17-21-14-13-15-22(29-2)24(21)30-19-20/h13-15,17-18H,3-12,16,19H2,1-2H3. The first-order valence-corrected chi connectivity index (χ1v) is 13.1. The molecule has 0 saturated carbocycles. The zero-order chi connectivity index (χ0) is 22.8. The van der Waals surface area contributed by atoms with Crippen LogP contribution in [0.3, 0.4) is 0 Å². The number of hydrogen-bond acceptors (Lipinski definition) is 5. The summed E-state index contributed by atoms with van der Waals surface area (Å²) in [5.41, 5.74) is 1.92. The number of methoxy groups -OCH3 is 1. The number of thiocarbonyl (C=S) groups is 1. The molecule has 1 aromatic carbocycles. The number of carbonyl (C=O) groups excluding carboxylic acids is 1. The van der Waals surface area contributed by atoms with Crippen LogP contribution in [0.15, 0.2) is 34.8 Å². The van der Waals surface area contributed by atoms with E-state index in [9.17, 15) is 4.79 Å². The van der Waals surface area contributed by atoms with Crippen molar-refractivity contribution >= 4 is 40.3 Å². The van der Waals surface area contributed by atoms with E-state index in [1.807, 2.05) is 24.3 Å². The summed E-state index contributed by atoms with van der Waals surface area (Å²) >= 11 is 6.88. The number of carbonyl (C=O) groups is 1. The second-order valence-corrected chi connectivity index (χ2v) is 10.1. The molecule has 0 atom stereocenters. The van der Waals surface area contributed by atoms with E-state index in [4.69, 9.17) is 21.7 Å². The number of ether oxygens (including phenoxy) is 2. The van der Waals surface area contributed by atoms with Gasteiger partial charge in [0.15, 0.2) is 11.5 Å². The van der Waals surface area contributed by atoms with Gasteiger partial charge in [-0.25, -0.2) is 0 Å². The average molecular weight is 474 g/mol. The van der Waals surface area contributed by atoms with Crippen LogP contribution in [-0.2, 0) is 4.79 Å². The van der Waals surface area contributed by atoms with Gasteiger partial charge in [-0.2, -0.15) is 0 Å². The Morgan fingerprint density at radius 1 is 1.09 bits per heavy atom. The molecule has 1 fully saturated rings. The first kappa shape index (κ1) is 24.8. The second kappa shape index (κ2) is 13.0. The van der Waals surface area contributed by atoms with Crippen LogP contribution < -0.4 is 9.47 Å². The molecule has 1 aromatic rings. The Morgan fingerprint density at radius 3 is 2.47 bits per heavy atom. The lowest BCUT2D eigenvalue weighted by Gasteiger charge is -2.18. The van der Waals surface area contributed by atoms with Gasteiger partial charge in [0.1, 0.15) is 10.9 Å². The van der Waals surface area contributed by atoms with Crippen LogP contribution in [0.2, 0.25) is 0 Å². The first-order valence-electron chi connectivity index (χ1n) is 11.9. The van der Waals surface area contributed by atoms with Crippen molar-refractivity contribution in [2.45, 2.75) is 71.1 Å². The van der Waals surface area contributed by atoms with Gasteiger partial charge in [-0.15, -0.1) is 0 Å². The zero-order valence-electron chi connectivity index (χ0n) is 19.4. The van der Waals surface area contributed by atoms with E-state index in [0.717, 1.165) is 35.5 Å². The summed E-state index contributed by atoms with van der Waals surface area (Å²) < 4.78 is 11.9. The minimum Gasteiger partial charge on any atom is -0.493 e. The van der Waals surface area contributed by atoms with Crippen molar-refractivity contribution in [2.24, 2.45) is 0 Å². The summed E-state index contributed by atoms with van der Waals surface area (Å²) in [5.74, 6) is 1.49. The number of rotatable bonds is 13. The van der Waals surface area contributed by atoms with Gasteiger partial charge in [-0.05, 0) is 30.2 Å². The van der Waals surface area contributed by atoms with Gasteiger partial charge in [0.05, 0.1) is 12.0 Å². The van der Waals surface area contributed by atoms with Crippen LogP contribution in [0.5, 0.6) is 11.5 Å². The Balaban J connectivity index is 1.44. The van der Waals surface area contributed by atoms with Crippen LogP contribution >= 0.6 is 24.0 Å². The average Bonchev–Trinajstić information content (AvgIpc) is 3.06. The Labute approximate surface area is 202 Å². The molecule has 0 aliphatic carbocycles. The maximum absolute atomic E-state index is 12.9. The fourth-order valence-corrected chi connectivity index (χ4v) is 5.38. The first-order chi connectivity index (χ1) is 15.6. The fraction of sp³-hybridized carbons (Fsp3) is 0.538. The Kier molecular flexibility index (Phi) is 10.1. The van der Waals surface area contributed by atoms with E-state index in [1.54, 1.807) is 12.0 Å². The Morgan fingerprint density at radius 2 is 1.78 bits per heavy atom. The molecule has 1 saturated heterocycles. The van der Waals surface area contributed by atoms with Gasteiger partial charge >= 0.3 is 0 Å². The van der Waals surface area contributed by atoms with Gasteiger partial charge < -0.3 is 9.47 Å². The van der Waals surface area contributed by atoms with E-state index in [1.165, 1.54) is 63.1 Å². The molecule has 4 nitrogen and oxygen atoms in total. The van der Waals surface area contributed by atoms with E-state index >= 15 is 0 Å². The summed E-state index contributed by atoms with van der Waals surface area (Å²) in [6.45, 7) is 3.39. The molecule has 0 aromatic heterocycles. The number of unbranched alkanes of at least 4 members (excludes halogenated alkanes) is 9. The van der Waals surface area contributed by atoms with Gasteiger partial charge in [0.2, 0.25) is 0 Å². The fourth-order valence-electron chi connectivity index (χ4n) is 4.06. The highest BCUT2D eigenvalue weighted by Gasteiger charge is 2.32. The smallest absolute Gasteiger partial charge is 0.266 e. The predicted octanol–water partition coefficient (Wildman–Crippen LogP) is 7.14. The van der Waals surface area contributed by atoms with Gasteiger partial charge in [0, 0.05) is 12.1 Å². The molecule has 0 radical (unpaired) electrons. The number of fused-ring (bicyclic) bond motifs is 1. The Bertz CT molecular complexity index is 863. The number of benzene rings is 1. The number of thioether (sulfide) groups is 1. The van der Waals surface area contributed by atoms with Gasteiger partial charge in [-0.1, -0.05) is 101 Å². The molecular formula is C26H35NO3S2. The molecule has 0 unspecified atom stereocenters. The second-order valence-electron chi connectivity index (χ2n) is 8.40. The van der Waals surface area contributed by atoms with Crippen LogP contribution in [-0.4, -0.2) is 35.4 Å². The zero-order valence-corrected chi connectivity index (χ0v) is 21.0. The van der Waals surface area contributed by atoms with E-state index < -0.39 is 0 Å². The summed E-state index contributed by atoms with van der Waals surface area (Å²) in [5, 5.41) is 0. The number of nitrogens with zero attached hydrogens (tertiary/aromatic N) is 1. The molecule has 0 N–H and O–H groups in total. The third kappa shape index (κ3) is 6.85. The highest BCUT2D eigenvalue weighted by atomic mass is 32.2. The molecule has 1 amide bonds. The van der Waals surface area contributed by atoms with Crippen LogP contribution in [0.1, 0.15) is 76.7 Å². The maximum atomic E-state index is 12.9. The number of hydrogen-bond donors (Lipinski definition) is 0. The van der Waals surface area contributed by atoms with Crippen LogP contribution in [0, 0.1) is 0 Å². The number of para-hydroxylation sites is 1. The van der Waals surface area contributed by atoms with Gasteiger partial charge in [0.25, 0.3) is 5.91 Å². The Hall–Kier alpha value is -1.79. The molecule has 0 bridgehead atoms. The van der Waals surface area contributed by atoms with Crippen molar-refractivity contribution in [1.29, 1.82) is 0 Å². The highest BCUT2D eigenvalue weighted by molar-refractivity contribution is 8.26. The summed E-state index contributed by atoms with van der Waals surface area (Å²) in [6, 6.07) is 5.81. The summed E-state index contributed by atoms with van der Waals surface area (Å²) in [7, 11) is 1.64. The number of amides is 1. The summed E-state index contributed by atoms with van der Waals surface area (Å²) in [6.07, 6.45) is 16.8. The third-order valence-electron chi connectivity index (χ3n) is 5.88. The molecule has 174 valence electrons. The summed E-state index contributed by atoms with van der Waals surface area (Å²) in [4.78, 5) is 15.3. The van der Waals surface area contributed by atoms with Crippen molar-refractivity contribution < 1.29 is 14.3 Å². The predicted molar refractivity (Wildman–Crippen MR) is 138 cm³/mol. The molecule has 0 spiro atoms. The van der Waals surface area contributed by atoms with E-state index in [-0.39, 0.29) is 5.91 Å². The van der Waals surface area contributed by atoms with E-state index in [0.29, 0.717) is 22.4 Å². The van der Waals surface area contributed by atoms with Crippen LogP contribution in [0.25, 0.3) is 6.08 Å². The molecule has 2 heterocycles. The topological polar surface area (TPSA) is 38.8 Å². The quantitative estimate of drug-likeness (QED) is 0.173. The van der Waals surface area contributed by atoms with Crippen molar-refractivity contribution in [3.63, 3.8) is 0 Å².